The van der Waals surface area contributed by atoms with Crippen LogP contribution in [0.4, 0.5) is 5.69 Å². The minimum absolute atomic E-state index is 0.0744. The van der Waals surface area contributed by atoms with Crippen LogP contribution in [0, 0.1) is 6.92 Å². The molecule has 2 aliphatic rings. The Morgan fingerprint density at radius 3 is 2.63 bits per heavy atom. The van der Waals surface area contributed by atoms with Gasteiger partial charge in [0.15, 0.2) is 6.10 Å². The lowest BCUT2D eigenvalue weighted by Gasteiger charge is -2.39. The van der Waals surface area contributed by atoms with Crippen LogP contribution in [0.3, 0.4) is 0 Å². The van der Waals surface area contributed by atoms with Gasteiger partial charge in [0, 0.05) is 12.0 Å². The van der Waals surface area contributed by atoms with E-state index in [-0.39, 0.29) is 18.5 Å². The number of hydrogen-bond donors (Lipinski definition) is 1. The highest BCUT2D eigenvalue weighted by Crippen LogP contribution is 2.40. The van der Waals surface area contributed by atoms with Crippen molar-refractivity contribution in [3.63, 3.8) is 0 Å². The summed E-state index contributed by atoms with van der Waals surface area (Å²) in [6.07, 6.45) is 0.770. The topological polar surface area (TPSA) is 84.9 Å². The highest BCUT2D eigenvalue weighted by Gasteiger charge is 2.39. The van der Waals surface area contributed by atoms with Gasteiger partial charge < -0.3 is 14.8 Å². The van der Waals surface area contributed by atoms with Crippen LogP contribution in [0.15, 0.2) is 42.5 Å². The Bertz CT molecular complexity index is 1100. The summed E-state index contributed by atoms with van der Waals surface area (Å²) in [5.74, 6) is 0.772. The van der Waals surface area contributed by atoms with E-state index >= 15 is 0 Å². The summed E-state index contributed by atoms with van der Waals surface area (Å²) in [5.41, 5.74) is 1.98. The van der Waals surface area contributed by atoms with Gasteiger partial charge >= 0.3 is 0 Å². The van der Waals surface area contributed by atoms with Crippen molar-refractivity contribution in [2.45, 2.75) is 44.9 Å². The van der Waals surface area contributed by atoms with Crippen molar-refractivity contribution in [1.82, 2.24) is 5.32 Å². The molecule has 1 N–H and O–H groups in total. The molecule has 0 bridgehead atoms. The molecule has 1 amide bonds. The van der Waals surface area contributed by atoms with E-state index in [2.05, 4.69) is 5.32 Å². The third-order valence-corrected chi connectivity index (χ3v) is 6.52. The van der Waals surface area contributed by atoms with E-state index in [0.29, 0.717) is 17.9 Å². The number of carbonyl (C=O) groups is 1. The predicted octanol–water partition coefficient (Wildman–Crippen LogP) is 2.94. The molecule has 2 aromatic carbocycles. The quantitative estimate of drug-likeness (QED) is 0.809. The van der Waals surface area contributed by atoms with Crippen molar-refractivity contribution in [2.75, 3.05) is 17.1 Å². The maximum Gasteiger partial charge on any atom is 0.263 e. The summed E-state index contributed by atoms with van der Waals surface area (Å²) in [7, 11) is -3.56. The van der Waals surface area contributed by atoms with Gasteiger partial charge in [-0.3, -0.25) is 9.10 Å². The highest BCUT2D eigenvalue weighted by molar-refractivity contribution is 7.92. The molecule has 0 radical (unpaired) electrons. The number of fused-ring (bicyclic) bond motifs is 2. The molecule has 0 saturated heterocycles. The summed E-state index contributed by atoms with van der Waals surface area (Å²) < 4.78 is 37.8. The van der Waals surface area contributed by atoms with Gasteiger partial charge in [-0.05, 0) is 44.5 Å². The van der Waals surface area contributed by atoms with Gasteiger partial charge in [0.25, 0.3) is 5.91 Å². The Hall–Kier alpha value is -2.74. The zero-order chi connectivity index (χ0) is 21.7. The van der Waals surface area contributed by atoms with Gasteiger partial charge in [0.1, 0.15) is 17.1 Å². The first kappa shape index (κ1) is 20.5. The first-order valence-electron chi connectivity index (χ1n) is 9.87. The molecule has 2 aliphatic heterocycles. The van der Waals surface area contributed by atoms with E-state index in [1.54, 1.807) is 24.3 Å². The smallest absolute Gasteiger partial charge is 0.263 e. The lowest BCUT2D eigenvalue weighted by atomic mass is 9.89. The molecule has 2 atom stereocenters. The van der Waals surface area contributed by atoms with E-state index in [0.717, 1.165) is 23.1 Å². The third-order valence-electron chi connectivity index (χ3n) is 5.37. The molecule has 0 spiro atoms. The summed E-state index contributed by atoms with van der Waals surface area (Å²) in [6.45, 7) is 5.88. The zero-order valence-electron chi connectivity index (χ0n) is 17.5. The molecule has 4 rings (SSSR count). The van der Waals surface area contributed by atoms with Crippen LogP contribution in [-0.4, -0.2) is 38.8 Å². The van der Waals surface area contributed by atoms with E-state index in [1.165, 1.54) is 4.31 Å². The number of nitrogens with one attached hydrogen (secondary N) is 1. The van der Waals surface area contributed by atoms with Crippen molar-refractivity contribution >= 4 is 21.6 Å². The van der Waals surface area contributed by atoms with Crippen LogP contribution in [0.1, 0.15) is 37.4 Å². The van der Waals surface area contributed by atoms with Crippen molar-refractivity contribution in [1.29, 1.82) is 0 Å². The second-order valence-electron chi connectivity index (χ2n) is 8.54. The number of sulfonamides is 1. The predicted molar refractivity (Wildman–Crippen MR) is 114 cm³/mol. The van der Waals surface area contributed by atoms with Crippen molar-refractivity contribution in [2.24, 2.45) is 0 Å². The zero-order valence-corrected chi connectivity index (χ0v) is 18.3. The van der Waals surface area contributed by atoms with Gasteiger partial charge in [-0.25, -0.2) is 8.42 Å². The Morgan fingerprint density at radius 1 is 1.17 bits per heavy atom. The SMILES string of the molecule is Cc1ccc2c(c1)OC(C)(C)C[C@@H]2NC(=O)[C@H]1CN(S(C)(=O)=O)c2ccccc2O1. The van der Waals surface area contributed by atoms with E-state index in [9.17, 15) is 13.2 Å². The average molecular weight is 431 g/mol. The Morgan fingerprint density at radius 2 is 1.90 bits per heavy atom. The molecular weight excluding hydrogens is 404 g/mol. The van der Waals surface area contributed by atoms with Crippen molar-refractivity contribution in [3.8, 4) is 11.5 Å². The monoisotopic (exact) mass is 430 g/mol. The van der Waals surface area contributed by atoms with Crippen LogP contribution in [-0.2, 0) is 14.8 Å². The molecule has 2 heterocycles. The summed E-state index contributed by atoms with van der Waals surface area (Å²) >= 11 is 0. The summed E-state index contributed by atoms with van der Waals surface area (Å²) in [4.78, 5) is 13.1. The first-order chi connectivity index (χ1) is 14.0. The number of nitrogens with zero attached hydrogens (tertiary/aromatic N) is 1. The molecule has 30 heavy (non-hydrogen) atoms. The van der Waals surface area contributed by atoms with Crippen LogP contribution in [0.5, 0.6) is 11.5 Å². The minimum Gasteiger partial charge on any atom is -0.487 e. The normalized spacial score (nSPS) is 22.2. The fourth-order valence-corrected chi connectivity index (χ4v) is 4.92. The van der Waals surface area contributed by atoms with Crippen LogP contribution >= 0.6 is 0 Å². The number of aryl methyl sites for hydroxylation is 1. The number of carbonyl (C=O) groups excluding carboxylic acids is 1. The largest absolute Gasteiger partial charge is 0.487 e. The van der Waals surface area contributed by atoms with Gasteiger partial charge in [-0.1, -0.05) is 24.3 Å². The van der Waals surface area contributed by atoms with Crippen molar-refractivity contribution < 1.29 is 22.7 Å². The number of benzene rings is 2. The molecule has 7 nitrogen and oxygen atoms in total. The number of anilines is 1. The highest BCUT2D eigenvalue weighted by atomic mass is 32.2. The van der Waals surface area contributed by atoms with E-state index in [1.807, 2.05) is 39.0 Å². The Kier molecular flexibility index (Phi) is 4.92. The first-order valence-corrected chi connectivity index (χ1v) is 11.7. The number of ether oxygens (including phenoxy) is 2. The maximum atomic E-state index is 13.1. The fourth-order valence-electron chi connectivity index (χ4n) is 4.00. The van der Waals surface area contributed by atoms with Gasteiger partial charge in [0.05, 0.1) is 24.5 Å². The second-order valence-corrected chi connectivity index (χ2v) is 10.4. The molecule has 0 aromatic heterocycles. The van der Waals surface area contributed by atoms with Crippen molar-refractivity contribution in [3.05, 3.63) is 53.6 Å². The fraction of sp³-hybridized carbons (Fsp3) is 0.409. The van der Waals surface area contributed by atoms with E-state index in [4.69, 9.17) is 9.47 Å². The minimum atomic E-state index is -3.56. The number of para-hydroxylation sites is 2. The van der Waals surface area contributed by atoms with Gasteiger partial charge in [0.2, 0.25) is 10.0 Å². The average Bonchev–Trinajstić information content (AvgIpc) is 2.65. The number of hydrogen-bond acceptors (Lipinski definition) is 5. The molecule has 0 fully saturated rings. The third kappa shape index (κ3) is 3.96. The molecule has 0 saturated carbocycles. The van der Waals surface area contributed by atoms with Crippen LogP contribution < -0.4 is 19.1 Å². The molecule has 8 heteroatoms. The second kappa shape index (κ2) is 7.19. The molecule has 160 valence electrons. The molecule has 0 aliphatic carbocycles. The summed E-state index contributed by atoms with van der Waals surface area (Å²) in [5, 5.41) is 3.06. The van der Waals surface area contributed by atoms with Gasteiger partial charge in [-0.2, -0.15) is 0 Å². The molecule has 2 aromatic rings. The maximum absolute atomic E-state index is 13.1. The number of amides is 1. The van der Waals surface area contributed by atoms with Crippen LogP contribution in [0.25, 0.3) is 0 Å². The van der Waals surface area contributed by atoms with E-state index < -0.39 is 21.7 Å². The lowest BCUT2D eigenvalue weighted by molar-refractivity contribution is -0.129. The Balaban J connectivity index is 1.60. The number of rotatable bonds is 3. The molecular formula is C22H26N2O5S. The van der Waals surface area contributed by atoms with Gasteiger partial charge in [-0.15, -0.1) is 0 Å². The standard InChI is InChI=1S/C22H26N2O5S/c1-14-9-10-15-16(12-22(2,3)29-19(15)11-14)23-21(25)20-13-24(30(4,26)27)17-7-5-6-8-18(17)28-20/h5-11,16,20H,12-13H2,1-4H3,(H,23,25)/t16-,20+/m0/s1. The lowest BCUT2D eigenvalue weighted by Crippen LogP contribution is -2.52. The Labute approximate surface area is 177 Å². The van der Waals surface area contributed by atoms with Crippen LogP contribution in [0.2, 0.25) is 0 Å². The molecule has 0 unspecified atom stereocenters. The summed E-state index contributed by atoms with van der Waals surface area (Å²) in [6, 6.07) is 12.5.